The fourth-order valence-corrected chi connectivity index (χ4v) is 1.80. The molecule has 0 saturated heterocycles. The number of aryl methyl sites for hydroxylation is 1. The van der Waals surface area contributed by atoms with Crippen LogP contribution >= 0.6 is 7.82 Å². The minimum absolute atomic E-state index is 0.00148. The van der Waals surface area contributed by atoms with Gasteiger partial charge in [0.15, 0.2) is 0 Å². The molecular formula is C10H12FO6P. The molecule has 0 heterocycles. The molecule has 0 unspecified atom stereocenters. The van der Waals surface area contributed by atoms with Gasteiger partial charge in [0.2, 0.25) is 0 Å². The molecule has 0 radical (unpaired) electrons. The van der Waals surface area contributed by atoms with Crippen LogP contribution in [0.1, 0.15) is 17.5 Å². The lowest BCUT2D eigenvalue weighted by Gasteiger charge is -2.12. The minimum atomic E-state index is -4.73. The van der Waals surface area contributed by atoms with Crippen molar-refractivity contribution in [2.45, 2.75) is 19.5 Å². The van der Waals surface area contributed by atoms with Crippen molar-refractivity contribution in [3.05, 3.63) is 29.3 Å². The Kier molecular flexibility index (Phi) is 4.84. The molecule has 0 fully saturated rings. The summed E-state index contributed by atoms with van der Waals surface area (Å²) in [6.45, 7) is -0.754. The highest BCUT2D eigenvalue weighted by atomic mass is 31.2. The number of carbonyl (C=O) groups is 1. The van der Waals surface area contributed by atoms with Crippen molar-refractivity contribution in [3.8, 4) is 5.75 Å². The van der Waals surface area contributed by atoms with Crippen molar-refractivity contribution < 1.29 is 33.2 Å². The maximum atomic E-state index is 12.5. The van der Waals surface area contributed by atoms with Gasteiger partial charge in [-0.05, 0) is 29.7 Å². The number of halogens is 1. The van der Waals surface area contributed by atoms with Crippen molar-refractivity contribution in [2.75, 3.05) is 0 Å². The van der Waals surface area contributed by atoms with E-state index in [2.05, 4.69) is 4.52 Å². The Labute approximate surface area is 102 Å². The Balaban J connectivity index is 3.00. The lowest BCUT2D eigenvalue weighted by molar-refractivity contribution is -0.136. The number of carboxylic acid groups (broad SMARTS) is 1. The molecule has 0 saturated carbocycles. The standard InChI is InChI=1S/C10H12FO6P/c11-6-7-1-3-9(17-18(14,15)16)8(5-7)2-4-10(12)13/h1,3,5H,2,4,6H2,(H,12,13)(H2,14,15,16). The molecule has 0 amide bonds. The molecule has 0 bridgehead atoms. The molecule has 8 heteroatoms. The highest BCUT2D eigenvalue weighted by molar-refractivity contribution is 7.46. The van der Waals surface area contributed by atoms with Crippen LogP contribution in [-0.4, -0.2) is 20.9 Å². The van der Waals surface area contributed by atoms with Crippen molar-refractivity contribution in [2.24, 2.45) is 0 Å². The van der Waals surface area contributed by atoms with Crippen molar-refractivity contribution in [1.82, 2.24) is 0 Å². The van der Waals surface area contributed by atoms with Gasteiger partial charge in [0, 0.05) is 6.42 Å². The van der Waals surface area contributed by atoms with E-state index in [0.717, 1.165) is 0 Å². The minimum Gasteiger partial charge on any atom is -0.481 e. The van der Waals surface area contributed by atoms with Gasteiger partial charge in [-0.1, -0.05) is 6.07 Å². The quantitative estimate of drug-likeness (QED) is 0.683. The zero-order valence-corrected chi connectivity index (χ0v) is 10.1. The molecule has 0 spiro atoms. The summed E-state index contributed by atoms with van der Waals surface area (Å²) in [7, 11) is -4.73. The van der Waals surface area contributed by atoms with Crippen LogP contribution in [0, 0.1) is 0 Å². The van der Waals surface area contributed by atoms with Crippen molar-refractivity contribution in [3.63, 3.8) is 0 Å². The highest BCUT2D eigenvalue weighted by Crippen LogP contribution is 2.39. The summed E-state index contributed by atoms with van der Waals surface area (Å²) >= 11 is 0. The van der Waals surface area contributed by atoms with Gasteiger partial charge in [0.25, 0.3) is 0 Å². The fourth-order valence-electron chi connectivity index (χ4n) is 1.37. The summed E-state index contributed by atoms with van der Waals surface area (Å²) in [6.07, 6.45) is -0.244. The number of phosphoric acid groups is 1. The lowest BCUT2D eigenvalue weighted by Crippen LogP contribution is -2.01. The predicted octanol–water partition coefficient (Wildman–Crippen LogP) is 1.64. The zero-order valence-electron chi connectivity index (χ0n) is 9.24. The Morgan fingerprint density at radius 3 is 2.56 bits per heavy atom. The summed E-state index contributed by atoms with van der Waals surface area (Å²) in [6, 6.07) is 3.86. The Hall–Kier alpha value is -1.43. The van der Waals surface area contributed by atoms with Crippen LogP contribution in [0.5, 0.6) is 5.75 Å². The number of hydrogen-bond acceptors (Lipinski definition) is 3. The van der Waals surface area contributed by atoms with Crippen LogP contribution in [0.25, 0.3) is 0 Å². The van der Waals surface area contributed by atoms with Gasteiger partial charge in [0.05, 0.1) is 0 Å². The number of benzene rings is 1. The number of alkyl halides is 1. The third kappa shape index (κ3) is 4.83. The molecule has 100 valence electrons. The molecule has 6 nitrogen and oxygen atoms in total. The van der Waals surface area contributed by atoms with E-state index < -0.39 is 20.5 Å². The summed E-state index contributed by atoms with van der Waals surface area (Å²) < 4.78 is 27.6. The number of phosphoric ester groups is 1. The van der Waals surface area contributed by atoms with Gasteiger partial charge in [-0.2, -0.15) is 0 Å². The molecular weight excluding hydrogens is 266 g/mol. The van der Waals surface area contributed by atoms with E-state index in [0.29, 0.717) is 0 Å². The smallest absolute Gasteiger partial charge is 0.481 e. The van der Waals surface area contributed by atoms with E-state index in [1.54, 1.807) is 0 Å². The molecule has 0 aliphatic rings. The van der Waals surface area contributed by atoms with Gasteiger partial charge in [-0.25, -0.2) is 8.96 Å². The molecule has 0 aliphatic carbocycles. The largest absolute Gasteiger partial charge is 0.524 e. The van der Waals surface area contributed by atoms with Gasteiger partial charge in [-0.15, -0.1) is 0 Å². The fraction of sp³-hybridized carbons (Fsp3) is 0.300. The zero-order chi connectivity index (χ0) is 13.8. The van der Waals surface area contributed by atoms with Gasteiger partial charge in [-0.3, -0.25) is 14.6 Å². The first kappa shape index (κ1) is 14.6. The molecule has 18 heavy (non-hydrogen) atoms. The van der Waals surface area contributed by atoms with Crippen LogP contribution < -0.4 is 4.52 Å². The molecule has 0 aromatic heterocycles. The second kappa shape index (κ2) is 5.95. The number of aliphatic carboxylic acids is 1. The normalized spacial score (nSPS) is 11.3. The second-order valence-corrected chi connectivity index (χ2v) is 4.72. The lowest BCUT2D eigenvalue weighted by atomic mass is 10.1. The first-order chi connectivity index (χ1) is 8.31. The maximum Gasteiger partial charge on any atom is 0.524 e. The van der Waals surface area contributed by atoms with Crippen LogP contribution in [0.4, 0.5) is 4.39 Å². The van der Waals surface area contributed by atoms with Gasteiger partial charge in [0.1, 0.15) is 12.4 Å². The molecule has 1 rings (SSSR count). The summed E-state index contributed by atoms with van der Waals surface area (Å²) in [5.41, 5.74) is 0.532. The van der Waals surface area contributed by atoms with Crippen LogP contribution in [0.3, 0.4) is 0 Å². The molecule has 1 aromatic rings. The van der Waals surface area contributed by atoms with E-state index >= 15 is 0 Å². The predicted molar refractivity (Wildman–Crippen MR) is 59.9 cm³/mol. The molecule has 0 aliphatic heterocycles. The van der Waals surface area contributed by atoms with E-state index in [9.17, 15) is 13.8 Å². The third-order valence-corrected chi connectivity index (χ3v) is 2.54. The number of carboxylic acids is 1. The van der Waals surface area contributed by atoms with Gasteiger partial charge >= 0.3 is 13.8 Å². The third-order valence-electron chi connectivity index (χ3n) is 2.10. The number of hydrogen-bond donors (Lipinski definition) is 3. The first-order valence-corrected chi connectivity index (χ1v) is 6.49. The van der Waals surface area contributed by atoms with E-state index in [-0.39, 0.29) is 29.7 Å². The summed E-state index contributed by atoms with van der Waals surface area (Å²) in [4.78, 5) is 27.9. The maximum absolute atomic E-state index is 12.5. The van der Waals surface area contributed by atoms with Crippen LogP contribution in [0.2, 0.25) is 0 Å². The topological polar surface area (TPSA) is 104 Å². The SMILES string of the molecule is O=C(O)CCc1cc(CF)ccc1OP(=O)(O)O. The van der Waals surface area contributed by atoms with Crippen LogP contribution in [-0.2, 0) is 22.5 Å². The van der Waals surface area contributed by atoms with E-state index in [4.69, 9.17) is 14.9 Å². The Morgan fingerprint density at radius 1 is 1.39 bits per heavy atom. The van der Waals surface area contributed by atoms with Crippen molar-refractivity contribution in [1.29, 1.82) is 0 Å². The summed E-state index contributed by atoms with van der Waals surface area (Å²) in [5, 5.41) is 8.56. The second-order valence-electron chi connectivity index (χ2n) is 3.55. The number of rotatable bonds is 6. The van der Waals surface area contributed by atoms with Crippen molar-refractivity contribution >= 4 is 13.8 Å². The van der Waals surface area contributed by atoms with E-state index in [1.807, 2.05) is 0 Å². The Bertz CT molecular complexity index is 483. The summed E-state index contributed by atoms with van der Waals surface area (Å²) in [5.74, 6) is -1.20. The Morgan fingerprint density at radius 2 is 2.06 bits per heavy atom. The molecule has 0 atom stereocenters. The first-order valence-electron chi connectivity index (χ1n) is 4.96. The van der Waals surface area contributed by atoms with E-state index in [1.165, 1.54) is 18.2 Å². The van der Waals surface area contributed by atoms with Gasteiger partial charge < -0.3 is 9.63 Å². The average molecular weight is 278 g/mol. The highest BCUT2D eigenvalue weighted by Gasteiger charge is 2.19. The average Bonchev–Trinajstić information content (AvgIpc) is 2.25. The monoisotopic (exact) mass is 278 g/mol. The molecule has 3 N–H and O–H groups in total. The molecule has 1 aromatic carbocycles. The van der Waals surface area contributed by atoms with Crippen LogP contribution in [0.15, 0.2) is 18.2 Å².